The summed E-state index contributed by atoms with van der Waals surface area (Å²) in [5.41, 5.74) is 2.70. The number of nitrogens with zero attached hydrogens (tertiary/aromatic N) is 2. The van der Waals surface area contributed by atoms with Crippen LogP contribution in [0.5, 0.6) is 11.5 Å². The van der Waals surface area contributed by atoms with E-state index in [2.05, 4.69) is 4.98 Å². The van der Waals surface area contributed by atoms with Gasteiger partial charge < -0.3 is 13.9 Å². The van der Waals surface area contributed by atoms with Crippen LogP contribution in [0, 0.1) is 0 Å². The summed E-state index contributed by atoms with van der Waals surface area (Å²) >= 11 is 6.01. The van der Waals surface area contributed by atoms with Crippen molar-refractivity contribution in [2.75, 3.05) is 13.2 Å². The van der Waals surface area contributed by atoms with Gasteiger partial charge in [-0.25, -0.2) is 4.98 Å². The number of rotatable bonds is 5. The molecule has 0 aliphatic rings. The molecule has 1 aromatic carbocycles. The fourth-order valence-electron chi connectivity index (χ4n) is 2.31. The van der Waals surface area contributed by atoms with Crippen molar-refractivity contribution in [3.8, 4) is 22.8 Å². The quantitative estimate of drug-likeness (QED) is 0.697. The van der Waals surface area contributed by atoms with Gasteiger partial charge in [-0.3, -0.25) is 0 Å². The number of fused-ring (bicyclic) bond motifs is 1. The van der Waals surface area contributed by atoms with Crippen molar-refractivity contribution < 1.29 is 9.47 Å². The normalized spacial score (nSPS) is 10.9. The van der Waals surface area contributed by atoms with Crippen LogP contribution >= 0.6 is 11.6 Å². The first kappa shape index (κ1) is 14.7. The molecule has 0 N–H and O–H groups in total. The van der Waals surface area contributed by atoms with Crippen LogP contribution in [0.15, 0.2) is 42.7 Å². The highest BCUT2D eigenvalue weighted by Gasteiger charge is 2.10. The van der Waals surface area contributed by atoms with Crippen molar-refractivity contribution in [1.29, 1.82) is 0 Å². The largest absolute Gasteiger partial charge is 0.490 e. The van der Waals surface area contributed by atoms with Crippen LogP contribution in [0.4, 0.5) is 0 Å². The molecule has 0 radical (unpaired) electrons. The second-order valence-corrected chi connectivity index (χ2v) is 5.20. The van der Waals surface area contributed by atoms with Gasteiger partial charge in [0.2, 0.25) is 0 Å². The minimum absolute atomic E-state index is 0.588. The maximum absolute atomic E-state index is 6.01. The van der Waals surface area contributed by atoms with E-state index in [-0.39, 0.29) is 0 Å². The first-order valence-electron chi connectivity index (χ1n) is 7.25. The van der Waals surface area contributed by atoms with E-state index >= 15 is 0 Å². The second-order valence-electron chi connectivity index (χ2n) is 4.77. The average Bonchev–Trinajstić information content (AvgIpc) is 2.92. The monoisotopic (exact) mass is 316 g/mol. The molecule has 2 aromatic heterocycles. The SMILES string of the molecule is CCOc1ccc(-c2cn3cc(Cl)ccc3n2)cc1OCC. The molecule has 0 saturated heterocycles. The molecule has 5 heteroatoms. The van der Waals surface area contributed by atoms with Gasteiger partial charge in [-0.15, -0.1) is 0 Å². The van der Waals surface area contributed by atoms with Gasteiger partial charge in [0.1, 0.15) is 5.65 Å². The van der Waals surface area contributed by atoms with Crippen LogP contribution in [0.2, 0.25) is 5.02 Å². The molecule has 3 rings (SSSR count). The average molecular weight is 317 g/mol. The Morgan fingerprint density at radius 3 is 2.55 bits per heavy atom. The van der Waals surface area contributed by atoms with Crippen molar-refractivity contribution in [2.45, 2.75) is 13.8 Å². The number of halogens is 1. The van der Waals surface area contributed by atoms with Crippen molar-refractivity contribution in [3.05, 3.63) is 47.7 Å². The van der Waals surface area contributed by atoms with Gasteiger partial charge >= 0.3 is 0 Å². The number of imidazole rings is 1. The Morgan fingerprint density at radius 2 is 1.77 bits per heavy atom. The fourth-order valence-corrected chi connectivity index (χ4v) is 2.48. The van der Waals surface area contributed by atoms with Crippen molar-refractivity contribution in [1.82, 2.24) is 9.38 Å². The number of pyridine rings is 1. The molecule has 0 aliphatic heterocycles. The highest BCUT2D eigenvalue weighted by Crippen LogP contribution is 2.32. The Bertz CT molecular complexity index is 798. The Kier molecular flexibility index (Phi) is 4.20. The van der Waals surface area contributed by atoms with Crippen molar-refractivity contribution >= 4 is 17.2 Å². The molecule has 0 saturated carbocycles. The first-order valence-corrected chi connectivity index (χ1v) is 7.63. The number of hydrogen-bond acceptors (Lipinski definition) is 3. The summed E-state index contributed by atoms with van der Waals surface area (Å²) < 4.78 is 13.2. The summed E-state index contributed by atoms with van der Waals surface area (Å²) in [5, 5.41) is 0.679. The van der Waals surface area contributed by atoms with Crippen LogP contribution in [-0.4, -0.2) is 22.6 Å². The number of benzene rings is 1. The van der Waals surface area contributed by atoms with Crippen LogP contribution < -0.4 is 9.47 Å². The molecule has 0 spiro atoms. The fraction of sp³-hybridized carbons (Fsp3) is 0.235. The summed E-state index contributed by atoms with van der Waals surface area (Å²) in [5.74, 6) is 1.48. The van der Waals surface area contributed by atoms with Gasteiger partial charge in [-0.2, -0.15) is 0 Å². The van der Waals surface area contributed by atoms with Gasteiger partial charge in [0.15, 0.2) is 11.5 Å². The minimum atomic E-state index is 0.588. The molecular formula is C17H17ClN2O2. The molecule has 0 unspecified atom stereocenters. The van der Waals surface area contributed by atoms with Gasteiger partial charge in [0.25, 0.3) is 0 Å². The van der Waals surface area contributed by atoms with E-state index in [1.165, 1.54) is 0 Å². The molecule has 3 aromatic rings. The predicted molar refractivity (Wildman–Crippen MR) is 88.0 cm³/mol. The lowest BCUT2D eigenvalue weighted by molar-refractivity contribution is 0.288. The smallest absolute Gasteiger partial charge is 0.161 e. The zero-order valence-corrected chi connectivity index (χ0v) is 13.3. The summed E-state index contributed by atoms with van der Waals surface area (Å²) in [6.07, 6.45) is 3.79. The van der Waals surface area contributed by atoms with Gasteiger partial charge in [-0.1, -0.05) is 11.6 Å². The Hall–Kier alpha value is -2.20. The summed E-state index contributed by atoms with van der Waals surface area (Å²) in [7, 11) is 0. The second kappa shape index (κ2) is 6.28. The molecule has 0 fully saturated rings. The minimum Gasteiger partial charge on any atom is -0.490 e. The zero-order chi connectivity index (χ0) is 15.5. The van der Waals surface area contributed by atoms with E-state index in [1.54, 1.807) is 0 Å². The summed E-state index contributed by atoms with van der Waals surface area (Å²) in [6.45, 7) is 5.10. The first-order chi connectivity index (χ1) is 10.7. The lowest BCUT2D eigenvalue weighted by atomic mass is 10.1. The number of ether oxygens (including phenoxy) is 2. The lowest BCUT2D eigenvalue weighted by Crippen LogP contribution is -1.98. The third-order valence-electron chi connectivity index (χ3n) is 3.25. The zero-order valence-electron chi connectivity index (χ0n) is 12.5. The van der Waals surface area contributed by atoms with Crippen LogP contribution in [0.3, 0.4) is 0 Å². The summed E-state index contributed by atoms with van der Waals surface area (Å²) in [6, 6.07) is 9.58. The van der Waals surface area contributed by atoms with E-state index in [0.717, 1.165) is 28.4 Å². The molecule has 4 nitrogen and oxygen atoms in total. The molecule has 22 heavy (non-hydrogen) atoms. The van der Waals surface area contributed by atoms with Gasteiger partial charge in [-0.05, 0) is 44.2 Å². The maximum Gasteiger partial charge on any atom is 0.161 e. The third-order valence-corrected chi connectivity index (χ3v) is 3.48. The predicted octanol–water partition coefficient (Wildman–Crippen LogP) is 4.45. The van der Waals surface area contributed by atoms with Crippen LogP contribution in [0.1, 0.15) is 13.8 Å². The topological polar surface area (TPSA) is 35.8 Å². The highest BCUT2D eigenvalue weighted by atomic mass is 35.5. The van der Waals surface area contributed by atoms with Gasteiger partial charge in [0.05, 0.1) is 23.9 Å². The van der Waals surface area contributed by atoms with Crippen molar-refractivity contribution in [2.24, 2.45) is 0 Å². The standard InChI is InChI=1S/C17H17ClN2O2/c1-3-21-15-7-5-12(9-16(15)22-4-2)14-11-20-10-13(18)6-8-17(20)19-14/h5-11H,3-4H2,1-2H3. The van der Waals surface area contributed by atoms with E-state index < -0.39 is 0 Å². The Balaban J connectivity index is 2.03. The maximum atomic E-state index is 6.01. The summed E-state index contributed by atoms with van der Waals surface area (Å²) in [4.78, 5) is 4.61. The molecule has 2 heterocycles. The van der Waals surface area contributed by atoms with Crippen LogP contribution in [-0.2, 0) is 0 Å². The Morgan fingerprint density at radius 1 is 1.00 bits per heavy atom. The molecule has 0 aliphatic carbocycles. The third kappa shape index (κ3) is 2.88. The Labute approximate surface area is 134 Å². The van der Waals surface area contributed by atoms with Crippen LogP contribution in [0.25, 0.3) is 16.9 Å². The number of aromatic nitrogens is 2. The van der Waals surface area contributed by atoms with E-state index in [9.17, 15) is 0 Å². The van der Waals surface area contributed by atoms with Gasteiger partial charge in [0, 0.05) is 18.0 Å². The lowest BCUT2D eigenvalue weighted by Gasteiger charge is -2.11. The molecule has 0 amide bonds. The molecule has 0 bridgehead atoms. The number of hydrogen-bond donors (Lipinski definition) is 0. The molecule has 0 atom stereocenters. The van der Waals surface area contributed by atoms with Crippen molar-refractivity contribution in [3.63, 3.8) is 0 Å². The highest BCUT2D eigenvalue weighted by molar-refractivity contribution is 6.30. The van der Waals surface area contributed by atoms with E-state index in [4.69, 9.17) is 21.1 Å². The van der Waals surface area contributed by atoms with E-state index in [1.807, 2.05) is 61.0 Å². The molecule has 114 valence electrons. The molecular weight excluding hydrogens is 300 g/mol. The van der Waals surface area contributed by atoms with E-state index in [0.29, 0.717) is 18.2 Å².